The van der Waals surface area contributed by atoms with Crippen LogP contribution in [0.4, 0.5) is 5.82 Å². The van der Waals surface area contributed by atoms with Crippen molar-refractivity contribution in [1.82, 2.24) is 9.97 Å². The predicted molar refractivity (Wildman–Crippen MR) is 82.7 cm³/mol. The maximum atomic E-state index is 6.00. The largest absolute Gasteiger partial charge is 0.355 e. The van der Waals surface area contributed by atoms with Gasteiger partial charge in [-0.05, 0) is 33.6 Å². The first-order valence-electron chi connectivity index (χ1n) is 6.07. The smallest absolute Gasteiger partial charge is 0.133 e. The predicted octanol–water partition coefficient (Wildman–Crippen LogP) is 4.09. The van der Waals surface area contributed by atoms with E-state index in [1.807, 2.05) is 38.2 Å². The Labute approximate surface area is 126 Å². The molecule has 0 aliphatic heterocycles. The van der Waals surface area contributed by atoms with Gasteiger partial charge in [-0.2, -0.15) is 0 Å². The molecule has 1 aromatic carbocycles. The van der Waals surface area contributed by atoms with Gasteiger partial charge in [-0.25, -0.2) is 9.97 Å². The Kier molecular flexibility index (Phi) is 4.77. The number of aromatic nitrogens is 2. The van der Waals surface area contributed by atoms with Crippen LogP contribution in [0.2, 0.25) is 5.02 Å². The van der Waals surface area contributed by atoms with Crippen molar-refractivity contribution >= 4 is 33.3 Å². The lowest BCUT2D eigenvalue weighted by Gasteiger charge is -2.19. The van der Waals surface area contributed by atoms with Crippen LogP contribution < -0.4 is 4.90 Å². The van der Waals surface area contributed by atoms with Crippen molar-refractivity contribution in [3.05, 3.63) is 51.3 Å². The van der Waals surface area contributed by atoms with Crippen molar-refractivity contribution in [3.63, 3.8) is 0 Å². The molecule has 2 aromatic rings. The SMILES string of the molecule is CCc1nc(Br)cc(N(C)Cc2cccc(Cl)c2)n1. The van der Waals surface area contributed by atoms with Crippen LogP contribution in [-0.4, -0.2) is 17.0 Å². The molecule has 3 nitrogen and oxygen atoms in total. The van der Waals surface area contributed by atoms with E-state index in [2.05, 4.69) is 36.9 Å². The second kappa shape index (κ2) is 6.35. The van der Waals surface area contributed by atoms with Crippen molar-refractivity contribution in [2.75, 3.05) is 11.9 Å². The van der Waals surface area contributed by atoms with Gasteiger partial charge in [0, 0.05) is 31.1 Å². The highest BCUT2D eigenvalue weighted by Gasteiger charge is 2.07. The molecule has 0 bridgehead atoms. The summed E-state index contributed by atoms with van der Waals surface area (Å²) in [6.45, 7) is 2.80. The first-order chi connectivity index (χ1) is 9.08. The Morgan fingerprint density at radius 2 is 2.05 bits per heavy atom. The van der Waals surface area contributed by atoms with Crippen LogP contribution >= 0.6 is 27.5 Å². The van der Waals surface area contributed by atoms with Gasteiger partial charge in [-0.15, -0.1) is 0 Å². The lowest BCUT2D eigenvalue weighted by molar-refractivity contribution is 0.853. The molecule has 0 spiro atoms. The highest BCUT2D eigenvalue weighted by molar-refractivity contribution is 9.10. The van der Waals surface area contributed by atoms with Gasteiger partial charge in [0.1, 0.15) is 16.2 Å². The molecule has 2 rings (SSSR count). The standard InChI is InChI=1S/C14H15BrClN3/c1-3-13-17-12(15)8-14(18-13)19(2)9-10-5-4-6-11(16)7-10/h4-8H,3,9H2,1-2H3. The van der Waals surface area contributed by atoms with Crippen LogP contribution in [0.1, 0.15) is 18.3 Å². The average Bonchev–Trinajstić information content (AvgIpc) is 2.38. The molecule has 0 saturated carbocycles. The number of halogens is 2. The van der Waals surface area contributed by atoms with E-state index in [1.54, 1.807) is 0 Å². The average molecular weight is 341 g/mol. The molecule has 0 N–H and O–H groups in total. The first-order valence-corrected chi connectivity index (χ1v) is 7.24. The zero-order valence-corrected chi connectivity index (χ0v) is 13.2. The summed E-state index contributed by atoms with van der Waals surface area (Å²) in [5.74, 6) is 1.74. The molecule has 0 aliphatic rings. The summed E-state index contributed by atoms with van der Waals surface area (Å²) in [4.78, 5) is 10.9. The maximum Gasteiger partial charge on any atom is 0.133 e. The van der Waals surface area contributed by atoms with Gasteiger partial charge in [0.2, 0.25) is 0 Å². The van der Waals surface area contributed by atoms with E-state index >= 15 is 0 Å². The van der Waals surface area contributed by atoms with E-state index in [9.17, 15) is 0 Å². The summed E-state index contributed by atoms with van der Waals surface area (Å²) in [6, 6.07) is 9.78. The molecule has 1 aromatic heterocycles. The summed E-state index contributed by atoms with van der Waals surface area (Å²) < 4.78 is 0.812. The maximum absolute atomic E-state index is 6.00. The Balaban J connectivity index is 2.20. The van der Waals surface area contributed by atoms with E-state index < -0.39 is 0 Å². The van der Waals surface area contributed by atoms with Crippen molar-refractivity contribution in [3.8, 4) is 0 Å². The van der Waals surface area contributed by atoms with Crippen LogP contribution in [-0.2, 0) is 13.0 Å². The Hall–Kier alpha value is -1.13. The topological polar surface area (TPSA) is 29.0 Å². The van der Waals surface area contributed by atoms with Gasteiger partial charge < -0.3 is 4.90 Å². The van der Waals surface area contributed by atoms with Crippen LogP contribution in [0.5, 0.6) is 0 Å². The van der Waals surface area contributed by atoms with E-state index in [0.717, 1.165) is 39.8 Å². The molecule has 0 fully saturated rings. The van der Waals surface area contributed by atoms with Crippen molar-refractivity contribution in [2.45, 2.75) is 19.9 Å². The first kappa shape index (κ1) is 14.3. The summed E-state index contributed by atoms with van der Waals surface area (Å²) >= 11 is 9.42. The molecule has 0 radical (unpaired) electrons. The van der Waals surface area contributed by atoms with Crippen molar-refractivity contribution in [1.29, 1.82) is 0 Å². The molecule has 0 amide bonds. The van der Waals surface area contributed by atoms with Gasteiger partial charge in [-0.3, -0.25) is 0 Å². The van der Waals surface area contributed by atoms with Crippen LogP contribution in [0.3, 0.4) is 0 Å². The molecule has 100 valence electrons. The number of aryl methyl sites for hydroxylation is 1. The summed E-state index contributed by atoms with van der Waals surface area (Å²) in [7, 11) is 2.01. The monoisotopic (exact) mass is 339 g/mol. The molecule has 1 heterocycles. The molecular weight excluding hydrogens is 326 g/mol. The summed E-state index contributed by atoms with van der Waals surface area (Å²) in [5.41, 5.74) is 1.16. The third-order valence-electron chi connectivity index (χ3n) is 2.74. The van der Waals surface area contributed by atoms with Crippen molar-refractivity contribution < 1.29 is 0 Å². The van der Waals surface area contributed by atoms with Crippen LogP contribution in [0, 0.1) is 0 Å². The van der Waals surface area contributed by atoms with E-state index in [-0.39, 0.29) is 0 Å². The Morgan fingerprint density at radius 3 is 2.74 bits per heavy atom. The van der Waals surface area contributed by atoms with Gasteiger partial charge in [0.05, 0.1) is 0 Å². The number of benzene rings is 1. The van der Waals surface area contributed by atoms with E-state index in [4.69, 9.17) is 11.6 Å². The minimum atomic E-state index is 0.754. The lowest BCUT2D eigenvalue weighted by atomic mass is 10.2. The molecule has 0 atom stereocenters. The summed E-state index contributed by atoms with van der Waals surface area (Å²) in [6.07, 6.45) is 0.817. The third kappa shape index (κ3) is 3.91. The molecular formula is C14H15BrClN3. The fourth-order valence-corrected chi connectivity index (χ4v) is 2.42. The number of nitrogens with zero attached hydrogens (tertiary/aromatic N) is 3. The quantitative estimate of drug-likeness (QED) is 0.785. The van der Waals surface area contributed by atoms with E-state index in [0.29, 0.717) is 0 Å². The molecule has 5 heteroatoms. The fourth-order valence-electron chi connectivity index (χ4n) is 1.80. The minimum absolute atomic E-state index is 0.754. The second-order valence-electron chi connectivity index (χ2n) is 4.30. The van der Waals surface area contributed by atoms with Gasteiger partial charge in [-0.1, -0.05) is 30.7 Å². The normalized spacial score (nSPS) is 10.5. The van der Waals surface area contributed by atoms with Gasteiger partial charge in [0.15, 0.2) is 0 Å². The highest BCUT2D eigenvalue weighted by atomic mass is 79.9. The number of hydrogen-bond donors (Lipinski definition) is 0. The number of anilines is 1. The molecule has 0 aliphatic carbocycles. The Morgan fingerprint density at radius 1 is 1.26 bits per heavy atom. The Bertz CT molecular complexity index is 574. The molecule has 0 saturated heterocycles. The molecule has 19 heavy (non-hydrogen) atoms. The second-order valence-corrected chi connectivity index (χ2v) is 5.55. The minimum Gasteiger partial charge on any atom is -0.355 e. The van der Waals surface area contributed by atoms with E-state index in [1.165, 1.54) is 0 Å². The van der Waals surface area contributed by atoms with Crippen LogP contribution in [0.15, 0.2) is 34.9 Å². The van der Waals surface area contributed by atoms with Gasteiger partial charge >= 0.3 is 0 Å². The fraction of sp³-hybridized carbons (Fsp3) is 0.286. The zero-order valence-electron chi connectivity index (χ0n) is 10.9. The zero-order chi connectivity index (χ0) is 13.8. The van der Waals surface area contributed by atoms with Crippen LogP contribution in [0.25, 0.3) is 0 Å². The highest BCUT2D eigenvalue weighted by Crippen LogP contribution is 2.19. The number of rotatable bonds is 4. The third-order valence-corrected chi connectivity index (χ3v) is 3.39. The molecule has 0 unspecified atom stereocenters. The summed E-state index contributed by atoms with van der Waals surface area (Å²) in [5, 5.41) is 0.754. The van der Waals surface area contributed by atoms with Gasteiger partial charge in [0.25, 0.3) is 0 Å². The lowest BCUT2D eigenvalue weighted by Crippen LogP contribution is -2.18. The van der Waals surface area contributed by atoms with Crippen molar-refractivity contribution in [2.24, 2.45) is 0 Å². The number of hydrogen-bond acceptors (Lipinski definition) is 3.